The molecule has 1 saturated carbocycles. The summed E-state index contributed by atoms with van der Waals surface area (Å²) in [6.45, 7) is 7.61. The van der Waals surface area contributed by atoms with E-state index >= 15 is 0 Å². The van der Waals surface area contributed by atoms with Crippen LogP contribution in [0.2, 0.25) is 0 Å². The molecule has 1 aromatic rings. The second-order valence-corrected chi connectivity index (χ2v) is 7.99. The highest BCUT2D eigenvalue weighted by Crippen LogP contribution is 2.22. The fraction of sp³-hybridized carbons (Fsp3) is 0.696. The molecule has 2 fully saturated rings. The van der Waals surface area contributed by atoms with Crippen molar-refractivity contribution >= 4 is 11.6 Å². The van der Waals surface area contributed by atoms with E-state index in [1.807, 2.05) is 24.0 Å². The van der Waals surface area contributed by atoms with Crippen molar-refractivity contribution in [3.05, 3.63) is 29.6 Å². The van der Waals surface area contributed by atoms with Gasteiger partial charge in [-0.05, 0) is 43.9 Å². The number of ether oxygens (including phenoxy) is 2. The summed E-state index contributed by atoms with van der Waals surface area (Å²) in [5.74, 6) is 0.565. The lowest BCUT2D eigenvalue weighted by Crippen LogP contribution is -2.38. The van der Waals surface area contributed by atoms with Crippen molar-refractivity contribution in [1.29, 1.82) is 0 Å². The van der Waals surface area contributed by atoms with E-state index in [0.717, 1.165) is 50.7 Å². The second kappa shape index (κ2) is 12.7. The van der Waals surface area contributed by atoms with Gasteiger partial charge in [0.15, 0.2) is 5.96 Å². The molecule has 0 aromatic heterocycles. The van der Waals surface area contributed by atoms with E-state index in [-0.39, 0.29) is 5.82 Å². The predicted octanol–water partition coefficient (Wildman–Crippen LogP) is 3.46. The molecule has 3 rings (SSSR count). The van der Waals surface area contributed by atoms with Gasteiger partial charge in [0, 0.05) is 32.8 Å². The first-order chi connectivity index (χ1) is 14.8. The summed E-state index contributed by atoms with van der Waals surface area (Å²) in [5, 5.41) is 6.60. The highest BCUT2D eigenvalue weighted by molar-refractivity contribution is 5.79. The van der Waals surface area contributed by atoms with Crippen molar-refractivity contribution in [3.63, 3.8) is 0 Å². The Morgan fingerprint density at radius 3 is 2.73 bits per heavy atom. The Labute approximate surface area is 180 Å². The number of aliphatic imine (C=N–C) groups is 1. The average Bonchev–Trinajstić information content (AvgIpc) is 2.78. The van der Waals surface area contributed by atoms with Crippen LogP contribution in [0.1, 0.15) is 51.0 Å². The molecule has 168 valence electrons. The van der Waals surface area contributed by atoms with Crippen LogP contribution < -0.4 is 15.5 Å². The van der Waals surface area contributed by atoms with Crippen molar-refractivity contribution in [1.82, 2.24) is 10.6 Å². The summed E-state index contributed by atoms with van der Waals surface area (Å²) in [6, 6.07) is 5.41. The largest absolute Gasteiger partial charge is 0.378 e. The minimum absolute atomic E-state index is 0.192. The summed E-state index contributed by atoms with van der Waals surface area (Å²) in [5.41, 5.74) is 1.51. The third-order valence-electron chi connectivity index (χ3n) is 5.65. The maximum Gasteiger partial charge on any atom is 0.191 e. The van der Waals surface area contributed by atoms with Gasteiger partial charge in [0.05, 0.1) is 31.5 Å². The van der Waals surface area contributed by atoms with Crippen LogP contribution in [0.4, 0.5) is 10.1 Å². The van der Waals surface area contributed by atoms with E-state index in [4.69, 9.17) is 9.47 Å². The minimum atomic E-state index is -0.192. The molecule has 0 amide bonds. The van der Waals surface area contributed by atoms with Crippen LogP contribution in [-0.2, 0) is 16.0 Å². The number of hydrogen-bond acceptors (Lipinski definition) is 4. The second-order valence-electron chi connectivity index (χ2n) is 7.99. The van der Waals surface area contributed by atoms with Gasteiger partial charge in [-0.3, -0.25) is 0 Å². The van der Waals surface area contributed by atoms with Crippen LogP contribution in [-0.4, -0.2) is 58.1 Å². The fourth-order valence-electron chi connectivity index (χ4n) is 3.98. The molecular weight excluding hydrogens is 383 g/mol. The van der Waals surface area contributed by atoms with Gasteiger partial charge in [-0.1, -0.05) is 25.3 Å². The monoisotopic (exact) mass is 420 g/mol. The Bertz CT molecular complexity index is 659. The van der Waals surface area contributed by atoms with E-state index in [2.05, 4.69) is 15.6 Å². The fourth-order valence-corrected chi connectivity index (χ4v) is 3.98. The van der Waals surface area contributed by atoms with Crippen LogP contribution in [0.25, 0.3) is 0 Å². The standard InChI is InChI=1S/C23H37FN4O2/c1-2-25-23(26-11-6-14-30-20-7-4-3-5-8-20)27-18-19-9-10-22(21(24)17-19)28-12-15-29-16-13-28/h9-10,17,20H,2-8,11-16,18H2,1H3,(H2,25,26,27). The van der Waals surface area contributed by atoms with Crippen molar-refractivity contribution < 1.29 is 13.9 Å². The SMILES string of the molecule is CCNC(=NCc1ccc(N2CCOCC2)c(F)c1)NCCCOC1CCCCC1. The van der Waals surface area contributed by atoms with E-state index in [1.54, 1.807) is 6.07 Å². The van der Waals surface area contributed by atoms with Crippen molar-refractivity contribution in [2.45, 2.75) is 58.1 Å². The molecule has 2 aliphatic rings. The molecule has 0 unspecified atom stereocenters. The number of nitrogens with one attached hydrogen (secondary N) is 2. The maximum absolute atomic E-state index is 14.6. The Morgan fingerprint density at radius 1 is 1.20 bits per heavy atom. The van der Waals surface area contributed by atoms with E-state index < -0.39 is 0 Å². The van der Waals surface area contributed by atoms with Crippen LogP contribution in [0.15, 0.2) is 23.2 Å². The molecule has 1 heterocycles. The summed E-state index contributed by atoms with van der Waals surface area (Å²) >= 11 is 0. The number of guanidine groups is 1. The lowest BCUT2D eigenvalue weighted by molar-refractivity contribution is 0.0277. The van der Waals surface area contributed by atoms with Crippen molar-refractivity contribution in [3.8, 4) is 0 Å². The van der Waals surface area contributed by atoms with Gasteiger partial charge >= 0.3 is 0 Å². The molecule has 0 spiro atoms. The lowest BCUT2D eigenvalue weighted by atomic mass is 9.98. The van der Waals surface area contributed by atoms with Gasteiger partial charge in [0.2, 0.25) is 0 Å². The zero-order chi connectivity index (χ0) is 21.0. The Hall–Kier alpha value is -1.86. The van der Waals surface area contributed by atoms with Gasteiger partial charge in [-0.25, -0.2) is 9.38 Å². The molecule has 2 N–H and O–H groups in total. The molecule has 1 aromatic carbocycles. The summed E-state index contributed by atoms with van der Waals surface area (Å²) < 4.78 is 25.9. The lowest BCUT2D eigenvalue weighted by Gasteiger charge is -2.29. The molecule has 1 saturated heterocycles. The zero-order valence-corrected chi connectivity index (χ0v) is 18.3. The summed E-state index contributed by atoms with van der Waals surface area (Å²) in [6.07, 6.45) is 7.77. The van der Waals surface area contributed by atoms with Gasteiger partial charge in [-0.15, -0.1) is 0 Å². The van der Waals surface area contributed by atoms with Crippen LogP contribution in [0, 0.1) is 5.82 Å². The molecule has 1 aliphatic heterocycles. The molecule has 30 heavy (non-hydrogen) atoms. The maximum atomic E-state index is 14.6. The Morgan fingerprint density at radius 2 is 2.00 bits per heavy atom. The van der Waals surface area contributed by atoms with Crippen LogP contribution in [0.5, 0.6) is 0 Å². The average molecular weight is 421 g/mol. The minimum Gasteiger partial charge on any atom is -0.378 e. The quantitative estimate of drug-likeness (QED) is 0.364. The third-order valence-corrected chi connectivity index (χ3v) is 5.65. The molecule has 6 nitrogen and oxygen atoms in total. The summed E-state index contributed by atoms with van der Waals surface area (Å²) in [7, 11) is 0. The van der Waals surface area contributed by atoms with Gasteiger partial charge < -0.3 is 25.0 Å². The van der Waals surface area contributed by atoms with E-state index in [1.165, 1.54) is 32.1 Å². The number of halogens is 1. The van der Waals surface area contributed by atoms with E-state index in [0.29, 0.717) is 31.5 Å². The Kier molecular flexibility index (Phi) is 9.70. The molecule has 7 heteroatoms. The normalized spacial score (nSPS) is 18.5. The number of nitrogens with zero attached hydrogens (tertiary/aromatic N) is 2. The van der Waals surface area contributed by atoms with Gasteiger partial charge in [-0.2, -0.15) is 0 Å². The third kappa shape index (κ3) is 7.43. The van der Waals surface area contributed by atoms with Crippen LogP contribution in [0.3, 0.4) is 0 Å². The zero-order valence-electron chi connectivity index (χ0n) is 18.3. The predicted molar refractivity (Wildman–Crippen MR) is 120 cm³/mol. The topological polar surface area (TPSA) is 58.1 Å². The first kappa shape index (κ1) is 22.8. The number of benzene rings is 1. The summed E-state index contributed by atoms with van der Waals surface area (Å²) in [4.78, 5) is 6.64. The van der Waals surface area contributed by atoms with Crippen molar-refractivity contribution in [2.75, 3.05) is 50.9 Å². The highest BCUT2D eigenvalue weighted by atomic mass is 19.1. The molecule has 0 radical (unpaired) electrons. The van der Waals surface area contributed by atoms with E-state index in [9.17, 15) is 4.39 Å². The number of anilines is 1. The first-order valence-corrected chi connectivity index (χ1v) is 11.5. The molecule has 1 aliphatic carbocycles. The van der Waals surface area contributed by atoms with Crippen molar-refractivity contribution in [2.24, 2.45) is 4.99 Å². The van der Waals surface area contributed by atoms with Gasteiger partial charge in [0.25, 0.3) is 0 Å². The Balaban J connectivity index is 1.43. The first-order valence-electron chi connectivity index (χ1n) is 11.5. The highest BCUT2D eigenvalue weighted by Gasteiger charge is 2.15. The number of rotatable bonds is 9. The van der Waals surface area contributed by atoms with Gasteiger partial charge in [0.1, 0.15) is 5.82 Å². The smallest absolute Gasteiger partial charge is 0.191 e. The molecular formula is C23H37FN4O2. The number of hydrogen-bond donors (Lipinski definition) is 2. The number of morpholine rings is 1. The molecule has 0 atom stereocenters. The molecule has 0 bridgehead atoms. The van der Waals surface area contributed by atoms with Crippen LogP contribution >= 0.6 is 0 Å².